The van der Waals surface area contributed by atoms with E-state index in [2.05, 4.69) is 5.32 Å². The van der Waals surface area contributed by atoms with Crippen LogP contribution in [0.25, 0.3) is 6.08 Å². The van der Waals surface area contributed by atoms with Gasteiger partial charge in [-0.2, -0.15) is 0 Å². The number of rotatable bonds is 5. The van der Waals surface area contributed by atoms with Gasteiger partial charge in [0.2, 0.25) is 0 Å². The molecule has 6 nitrogen and oxygen atoms in total. The fourth-order valence-electron chi connectivity index (χ4n) is 2.81. The number of hydrogen-bond donors (Lipinski definition) is 1. The fraction of sp³-hybridized carbons (Fsp3) is 0.200. The number of thiocarbonyl (C=S) groups is 1. The summed E-state index contributed by atoms with van der Waals surface area (Å²) < 4.78 is 16.0. The molecule has 0 radical (unpaired) electrons. The standard InChI is InChI=1S/C20H19ClN2O4S/c1-11-5-6-13(9-14(11)21)23-19(24)15(22-20(23)28)7-12-8-17(26-3)18(27-4)10-16(12)25-2/h5-10H,1-4H3,(H,22,28)/b15-7-. The third-order valence-electron chi connectivity index (χ3n) is 4.33. The van der Waals surface area contributed by atoms with Crippen LogP contribution in [0.5, 0.6) is 17.2 Å². The molecule has 2 aromatic carbocycles. The van der Waals surface area contributed by atoms with Gasteiger partial charge in [0.25, 0.3) is 5.91 Å². The SMILES string of the molecule is COc1cc(OC)c(OC)cc1/C=C1\NC(=S)N(c2ccc(C)c(Cl)c2)C1=O. The van der Waals surface area contributed by atoms with Crippen LogP contribution >= 0.6 is 23.8 Å². The molecule has 0 bridgehead atoms. The highest BCUT2D eigenvalue weighted by atomic mass is 35.5. The molecular formula is C20H19ClN2O4S. The van der Waals surface area contributed by atoms with Crippen LogP contribution < -0.4 is 24.4 Å². The number of benzene rings is 2. The van der Waals surface area contributed by atoms with Crippen molar-refractivity contribution in [2.24, 2.45) is 0 Å². The van der Waals surface area contributed by atoms with Crippen molar-refractivity contribution in [3.8, 4) is 17.2 Å². The predicted octanol–water partition coefficient (Wildman–Crippen LogP) is 3.94. The van der Waals surface area contributed by atoms with Gasteiger partial charge >= 0.3 is 0 Å². The van der Waals surface area contributed by atoms with Gasteiger partial charge in [0.15, 0.2) is 16.6 Å². The summed E-state index contributed by atoms with van der Waals surface area (Å²) in [5.41, 5.74) is 2.47. The first-order valence-corrected chi connectivity index (χ1v) is 9.11. The quantitative estimate of drug-likeness (QED) is 0.586. The normalized spacial score (nSPS) is 15.0. The van der Waals surface area contributed by atoms with Gasteiger partial charge in [0, 0.05) is 16.7 Å². The fourth-order valence-corrected chi connectivity index (χ4v) is 3.28. The Labute approximate surface area is 173 Å². The molecular weight excluding hydrogens is 400 g/mol. The maximum atomic E-state index is 13.0. The van der Waals surface area contributed by atoms with Crippen LogP contribution in [0, 0.1) is 6.92 Å². The molecule has 1 fully saturated rings. The lowest BCUT2D eigenvalue weighted by atomic mass is 10.1. The Kier molecular flexibility index (Phi) is 5.76. The van der Waals surface area contributed by atoms with Crippen LogP contribution in [0.4, 0.5) is 5.69 Å². The zero-order chi connectivity index (χ0) is 20.4. The number of halogens is 1. The molecule has 3 rings (SSSR count). The van der Waals surface area contributed by atoms with E-state index >= 15 is 0 Å². The molecule has 0 aromatic heterocycles. The van der Waals surface area contributed by atoms with Gasteiger partial charge in [0.05, 0.1) is 27.0 Å². The maximum Gasteiger partial charge on any atom is 0.281 e. The number of nitrogens with one attached hydrogen (secondary N) is 1. The third-order valence-corrected chi connectivity index (χ3v) is 5.02. The first kappa shape index (κ1) is 20.0. The summed E-state index contributed by atoms with van der Waals surface area (Å²) in [6.07, 6.45) is 1.66. The minimum atomic E-state index is -0.290. The minimum Gasteiger partial charge on any atom is -0.496 e. The second-order valence-corrected chi connectivity index (χ2v) is 6.81. The van der Waals surface area contributed by atoms with E-state index in [0.717, 1.165) is 5.56 Å². The number of anilines is 1. The molecule has 0 spiro atoms. The Hall–Kier alpha value is -2.77. The lowest BCUT2D eigenvalue weighted by Crippen LogP contribution is -2.30. The Morgan fingerprint density at radius 3 is 2.29 bits per heavy atom. The van der Waals surface area contributed by atoms with E-state index in [0.29, 0.717) is 39.2 Å². The maximum absolute atomic E-state index is 13.0. The van der Waals surface area contributed by atoms with E-state index in [-0.39, 0.29) is 11.0 Å². The van der Waals surface area contributed by atoms with E-state index in [9.17, 15) is 4.79 Å². The highest BCUT2D eigenvalue weighted by molar-refractivity contribution is 7.80. The molecule has 1 aliphatic rings. The predicted molar refractivity (Wildman–Crippen MR) is 113 cm³/mol. The number of carbonyl (C=O) groups excluding carboxylic acids is 1. The Balaban J connectivity index is 2.01. The number of amides is 1. The van der Waals surface area contributed by atoms with Gasteiger partial charge in [-0.3, -0.25) is 9.69 Å². The van der Waals surface area contributed by atoms with Crippen molar-refractivity contribution in [1.82, 2.24) is 5.32 Å². The zero-order valence-corrected chi connectivity index (χ0v) is 17.4. The summed E-state index contributed by atoms with van der Waals surface area (Å²) in [7, 11) is 4.62. The molecule has 0 unspecified atom stereocenters. The molecule has 1 aliphatic heterocycles. The van der Waals surface area contributed by atoms with Crippen LogP contribution in [0.3, 0.4) is 0 Å². The summed E-state index contributed by atoms with van der Waals surface area (Å²) >= 11 is 11.5. The molecule has 1 heterocycles. The van der Waals surface area contributed by atoms with Crippen molar-refractivity contribution in [3.63, 3.8) is 0 Å². The van der Waals surface area contributed by atoms with Crippen LogP contribution in [-0.2, 0) is 4.79 Å². The van der Waals surface area contributed by atoms with Crippen molar-refractivity contribution < 1.29 is 19.0 Å². The second kappa shape index (κ2) is 8.08. The molecule has 0 saturated carbocycles. The number of methoxy groups -OCH3 is 3. The van der Waals surface area contributed by atoms with Gasteiger partial charge in [-0.1, -0.05) is 17.7 Å². The van der Waals surface area contributed by atoms with Crippen LogP contribution in [0.1, 0.15) is 11.1 Å². The average Bonchev–Trinajstić information content (AvgIpc) is 2.96. The molecule has 1 amide bonds. The van der Waals surface area contributed by atoms with Gasteiger partial charge in [-0.05, 0) is 49.0 Å². The molecule has 1 N–H and O–H groups in total. The van der Waals surface area contributed by atoms with Gasteiger partial charge < -0.3 is 19.5 Å². The van der Waals surface area contributed by atoms with Crippen molar-refractivity contribution in [2.75, 3.05) is 26.2 Å². The highest BCUT2D eigenvalue weighted by Crippen LogP contribution is 2.36. The first-order valence-electron chi connectivity index (χ1n) is 8.33. The number of aryl methyl sites for hydroxylation is 1. The summed E-state index contributed by atoms with van der Waals surface area (Å²) in [6, 6.07) is 8.77. The number of nitrogens with zero attached hydrogens (tertiary/aromatic N) is 1. The van der Waals surface area contributed by atoms with Crippen LogP contribution in [0.15, 0.2) is 36.0 Å². The number of carbonyl (C=O) groups is 1. The van der Waals surface area contributed by atoms with E-state index < -0.39 is 0 Å². The molecule has 0 aliphatic carbocycles. The van der Waals surface area contributed by atoms with Gasteiger partial charge in [-0.25, -0.2) is 0 Å². The molecule has 8 heteroatoms. The molecule has 28 heavy (non-hydrogen) atoms. The van der Waals surface area contributed by atoms with Gasteiger partial charge in [-0.15, -0.1) is 0 Å². The molecule has 0 atom stereocenters. The average molecular weight is 419 g/mol. The largest absolute Gasteiger partial charge is 0.496 e. The lowest BCUT2D eigenvalue weighted by Gasteiger charge is -2.15. The number of ether oxygens (including phenoxy) is 3. The summed E-state index contributed by atoms with van der Waals surface area (Å²) in [5, 5.41) is 3.79. The third kappa shape index (κ3) is 3.63. The van der Waals surface area contributed by atoms with Crippen LogP contribution in [-0.4, -0.2) is 32.3 Å². The smallest absolute Gasteiger partial charge is 0.281 e. The van der Waals surface area contributed by atoms with E-state index in [4.69, 9.17) is 38.0 Å². The Morgan fingerprint density at radius 1 is 1.04 bits per heavy atom. The minimum absolute atomic E-state index is 0.274. The second-order valence-electron chi connectivity index (χ2n) is 6.01. The van der Waals surface area contributed by atoms with E-state index in [1.165, 1.54) is 12.0 Å². The van der Waals surface area contributed by atoms with E-state index in [1.54, 1.807) is 44.6 Å². The van der Waals surface area contributed by atoms with Crippen molar-refractivity contribution in [2.45, 2.75) is 6.92 Å². The van der Waals surface area contributed by atoms with E-state index in [1.807, 2.05) is 13.0 Å². The number of hydrogen-bond acceptors (Lipinski definition) is 5. The van der Waals surface area contributed by atoms with Crippen molar-refractivity contribution in [1.29, 1.82) is 0 Å². The van der Waals surface area contributed by atoms with Gasteiger partial charge in [0.1, 0.15) is 11.4 Å². The monoisotopic (exact) mass is 418 g/mol. The lowest BCUT2D eigenvalue weighted by molar-refractivity contribution is -0.113. The summed E-state index contributed by atoms with van der Waals surface area (Å²) in [6.45, 7) is 1.89. The Morgan fingerprint density at radius 2 is 1.68 bits per heavy atom. The molecule has 146 valence electrons. The topological polar surface area (TPSA) is 60.0 Å². The molecule has 1 saturated heterocycles. The first-order chi connectivity index (χ1) is 13.4. The Bertz CT molecular complexity index is 990. The summed E-state index contributed by atoms with van der Waals surface area (Å²) in [5.74, 6) is 1.29. The van der Waals surface area contributed by atoms with Crippen LogP contribution in [0.2, 0.25) is 5.02 Å². The van der Waals surface area contributed by atoms with Crippen molar-refractivity contribution in [3.05, 3.63) is 52.2 Å². The summed E-state index contributed by atoms with van der Waals surface area (Å²) in [4.78, 5) is 14.4. The van der Waals surface area contributed by atoms with Crippen molar-refractivity contribution >= 4 is 46.6 Å². The highest BCUT2D eigenvalue weighted by Gasteiger charge is 2.32. The zero-order valence-electron chi connectivity index (χ0n) is 15.8. The molecule has 2 aromatic rings.